The van der Waals surface area contributed by atoms with Crippen LogP contribution in [-0.4, -0.2) is 26.5 Å². The summed E-state index contributed by atoms with van der Waals surface area (Å²) in [6.45, 7) is 0.802. The Morgan fingerprint density at radius 2 is 1.83 bits per heavy atom. The Morgan fingerprint density at radius 3 is 2.46 bits per heavy atom. The Labute approximate surface area is 152 Å². The Bertz CT molecular complexity index is 715. The van der Waals surface area contributed by atoms with Crippen molar-refractivity contribution in [1.29, 1.82) is 0 Å². The minimum absolute atomic E-state index is 0.0397. The molecule has 2 aromatic rings. The number of quaternary nitrogens is 1. The lowest BCUT2D eigenvalue weighted by Crippen LogP contribution is -3.06. The average molecular weight is 364 g/mol. The molecule has 0 spiro atoms. The Balaban J connectivity index is 2.07. The van der Waals surface area contributed by atoms with Crippen molar-refractivity contribution < 1.29 is 9.69 Å². The third kappa shape index (κ3) is 5.68. The van der Waals surface area contributed by atoms with Gasteiger partial charge in [-0.15, -0.1) is 0 Å². The van der Waals surface area contributed by atoms with Gasteiger partial charge in [-0.25, -0.2) is 0 Å². The van der Waals surface area contributed by atoms with Crippen LogP contribution >= 0.6 is 23.2 Å². The van der Waals surface area contributed by atoms with Gasteiger partial charge in [0.25, 0.3) is 0 Å². The highest BCUT2D eigenvalue weighted by Crippen LogP contribution is 2.23. The second kappa shape index (κ2) is 8.88. The van der Waals surface area contributed by atoms with E-state index in [2.05, 4.69) is 19.4 Å². The Morgan fingerprint density at radius 1 is 1.12 bits per heavy atom. The number of amides is 1. The van der Waals surface area contributed by atoms with Gasteiger partial charge < -0.3 is 10.2 Å². The lowest BCUT2D eigenvalue weighted by atomic mass is 10.1. The van der Waals surface area contributed by atoms with Gasteiger partial charge in [0, 0.05) is 6.08 Å². The molecule has 2 rings (SSSR count). The predicted molar refractivity (Wildman–Crippen MR) is 100 cm³/mol. The van der Waals surface area contributed by atoms with Gasteiger partial charge in [-0.05, 0) is 29.3 Å². The van der Waals surface area contributed by atoms with Crippen LogP contribution in [0, 0.1) is 0 Å². The van der Waals surface area contributed by atoms with Crippen molar-refractivity contribution in [2.24, 2.45) is 0 Å². The van der Waals surface area contributed by atoms with Gasteiger partial charge in [0.1, 0.15) is 12.6 Å². The van der Waals surface area contributed by atoms with Crippen LogP contribution in [0.2, 0.25) is 10.0 Å². The molecule has 5 heteroatoms. The molecule has 126 valence electrons. The molecule has 0 aliphatic rings. The molecule has 0 saturated carbocycles. The molecule has 0 bridgehead atoms. The highest BCUT2D eigenvalue weighted by Gasteiger charge is 2.16. The van der Waals surface area contributed by atoms with E-state index in [1.54, 1.807) is 18.2 Å². The maximum Gasteiger partial charge on any atom is 0.244 e. The first kappa shape index (κ1) is 18.5. The van der Waals surface area contributed by atoms with Crippen LogP contribution in [0.3, 0.4) is 0 Å². The molecule has 1 amide bonds. The number of nitrogens with one attached hydrogen (secondary N) is 2. The molecule has 0 unspecified atom stereocenters. The number of halogens is 2. The van der Waals surface area contributed by atoms with E-state index in [0.717, 1.165) is 17.7 Å². The molecular weight excluding hydrogens is 343 g/mol. The number of likely N-dealkylation sites (N-methyl/N-ethyl adjacent to an activating group) is 1. The normalized spacial score (nSPS) is 12.5. The van der Waals surface area contributed by atoms with Gasteiger partial charge in [-0.1, -0.05) is 59.6 Å². The van der Waals surface area contributed by atoms with E-state index in [-0.39, 0.29) is 11.9 Å². The van der Waals surface area contributed by atoms with Crippen LogP contribution in [-0.2, 0) is 4.79 Å². The summed E-state index contributed by atoms with van der Waals surface area (Å²) in [6, 6.07) is 15.2. The minimum Gasteiger partial charge on any atom is -0.340 e. The fourth-order valence-corrected chi connectivity index (χ4v) is 2.66. The summed E-state index contributed by atoms with van der Waals surface area (Å²) in [5, 5.41) is 4.02. The van der Waals surface area contributed by atoms with Crippen LogP contribution in [0.5, 0.6) is 0 Å². The zero-order valence-corrected chi connectivity index (χ0v) is 15.2. The molecule has 0 aliphatic carbocycles. The zero-order valence-electron chi connectivity index (χ0n) is 13.7. The van der Waals surface area contributed by atoms with Crippen molar-refractivity contribution in [3.05, 3.63) is 75.8 Å². The van der Waals surface area contributed by atoms with E-state index >= 15 is 0 Å². The monoisotopic (exact) mass is 363 g/mol. The van der Waals surface area contributed by atoms with Crippen molar-refractivity contribution in [1.82, 2.24) is 5.32 Å². The van der Waals surface area contributed by atoms with Crippen molar-refractivity contribution in [2.45, 2.75) is 6.04 Å². The number of benzene rings is 2. The van der Waals surface area contributed by atoms with Gasteiger partial charge in [-0.2, -0.15) is 0 Å². The second-order valence-corrected chi connectivity index (χ2v) is 6.70. The molecule has 0 aliphatic heterocycles. The quantitative estimate of drug-likeness (QED) is 0.760. The third-order valence-electron chi connectivity index (χ3n) is 3.50. The molecule has 24 heavy (non-hydrogen) atoms. The maximum atomic E-state index is 12.3. The number of hydrogen-bond acceptors (Lipinski definition) is 1. The summed E-state index contributed by atoms with van der Waals surface area (Å²) in [5.74, 6) is -0.142. The van der Waals surface area contributed by atoms with Gasteiger partial charge in [0.15, 0.2) is 0 Å². The fourth-order valence-electron chi connectivity index (χ4n) is 2.35. The minimum atomic E-state index is -0.142. The molecule has 0 heterocycles. The largest absolute Gasteiger partial charge is 0.340 e. The van der Waals surface area contributed by atoms with Gasteiger partial charge in [0.2, 0.25) is 5.91 Å². The summed E-state index contributed by atoms with van der Waals surface area (Å²) >= 11 is 11.9. The van der Waals surface area contributed by atoms with Crippen molar-refractivity contribution >= 4 is 35.2 Å². The summed E-state index contributed by atoms with van der Waals surface area (Å²) in [5.41, 5.74) is 1.92. The summed E-state index contributed by atoms with van der Waals surface area (Å²) in [7, 11) is 4.13. The Kier molecular flexibility index (Phi) is 6.85. The second-order valence-electron chi connectivity index (χ2n) is 5.89. The first-order chi connectivity index (χ1) is 11.5. The molecule has 0 aromatic heterocycles. The smallest absolute Gasteiger partial charge is 0.244 e. The number of carbonyl (C=O) groups is 1. The van der Waals surface area contributed by atoms with E-state index in [0.29, 0.717) is 10.0 Å². The van der Waals surface area contributed by atoms with Gasteiger partial charge in [0.05, 0.1) is 24.1 Å². The molecular formula is C19H21Cl2N2O+. The molecule has 0 saturated heterocycles. The fraction of sp³-hybridized carbons (Fsp3) is 0.211. The maximum absolute atomic E-state index is 12.3. The molecule has 2 N–H and O–H groups in total. The van der Waals surface area contributed by atoms with Crippen molar-refractivity contribution in [3.8, 4) is 0 Å². The third-order valence-corrected chi connectivity index (χ3v) is 4.24. The zero-order chi connectivity index (χ0) is 17.5. The van der Waals surface area contributed by atoms with Crippen molar-refractivity contribution in [2.75, 3.05) is 20.6 Å². The van der Waals surface area contributed by atoms with E-state index in [9.17, 15) is 4.79 Å². The van der Waals surface area contributed by atoms with E-state index in [1.807, 2.05) is 36.4 Å². The highest BCUT2D eigenvalue weighted by molar-refractivity contribution is 6.42. The molecule has 0 radical (unpaired) electrons. The predicted octanol–water partition coefficient (Wildman–Crippen LogP) is 3.01. The first-order valence-corrected chi connectivity index (χ1v) is 8.49. The topological polar surface area (TPSA) is 33.5 Å². The summed E-state index contributed by atoms with van der Waals surface area (Å²) < 4.78 is 0. The Hall–Kier alpha value is -1.81. The van der Waals surface area contributed by atoms with Crippen LogP contribution in [0.15, 0.2) is 54.6 Å². The van der Waals surface area contributed by atoms with E-state index in [1.165, 1.54) is 11.0 Å². The summed E-state index contributed by atoms with van der Waals surface area (Å²) in [6.07, 6.45) is 3.24. The lowest BCUT2D eigenvalue weighted by molar-refractivity contribution is -0.860. The first-order valence-electron chi connectivity index (χ1n) is 7.73. The SMILES string of the molecule is C[NH+](C)C[C@H](NC(=O)/C=C/c1ccc(Cl)c(Cl)c1)c1ccccc1. The van der Waals surface area contributed by atoms with Crippen molar-refractivity contribution in [3.63, 3.8) is 0 Å². The molecule has 2 aromatic carbocycles. The van der Waals surface area contributed by atoms with Crippen LogP contribution in [0.25, 0.3) is 6.08 Å². The highest BCUT2D eigenvalue weighted by atomic mass is 35.5. The molecule has 0 fully saturated rings. The number of rotatable bonds is 6. The standard InChI is InChI=1S/C19H20Cl2N2O/c1-23(2)13-18(15-6-4-3-5-7-15)22-19(24)11-9-14-8-10-16(20)17(21)12-14/h3-12,18H,13H2,1-2H3,(H,22,24)/p+1/b11-9+/t18-/m0/s1. The lowest BCUT2D eigenvalue weighted by Gasteiger charge is -2.20. The summed E-state index contributed by atoms with van der Waals surface area (Å²) in [4.78, 5) is 13.5. The van der Waals surface area contributed by atoms with Crippen LogP contribution in [0.4, 0.5) is 0 Å². The van der Waals surface area contributed by atoms with Crippen LogP contribution < -0.4 is 10.2 Å². The molecule has 3 nitrogen and oxygen atoms in total. The number of hydrogen-bond donors (Lipinski definition) is 2. The van der Waals surface area contributed by atoms with Gasteiger partial charge in [-0.3, -0.25) is 4.79 Å². The average Bonchev–Trinajstić information content (AvgIpc) is 2.56. The van der Waals surface area contributed by atoms with E-state index < -0.39 is 0 Å². The van der Waals surface area contributed by atoms with Gasteiger partial charge >= 0.3 is 0 Å². The number of carbonyl (C=O) groups excluding carboxylic acids is 1. The van der Waals surface area contributed by atoms with E-state index in [4.69, 9.17) is 23.2 Å². The van der Waals surface area contributed by atoms with Crippen LogP contribution in [0.1, 0.15) is 17.2 Å². The molecule has 1 atom stereocenters.